The summed E-state index contributed by atoms with van der Waals surface area (Å²) >= 11 is 0. The van der Waals surface area contributed by atoms with Gasteiger partial charge in [-0.2, -0.15) is 0 Å². The molecule has 0 saturated carbocycles. The largest absolute Gasteiger partial charge is 0.361 e. The highest BCUT2D eigenvalue weighted by atomic mass is 32.2. The summed E-state index contributed by atoms with van der Waals surface area (Å²) in [6.45, 7) is 4.04. The Bertz CT molecular complexity index is 1510. The van der Waals surface area contributed by atoms with Gasteiger partial charge in [0, 0.05) is 66.9 Å². The molecule has 1 fully saturated rings. The minimum Gasteiger partial charge on any atom is -0.361 e. The number of nitrogens with one attached hydrogen (secondary N) is 1. The third-order valence-corrected chi connectivity index (χ3v) is 9.53. The number of nitrogens with zero attached hydrogens (tertiary/aromatic N) is 4. The summed E-state index contributed by atoms with van der Waals surface area (Å²) in [5, 5.41) is 2.46. The van der Waals surface area contributed by atoms with Crippen LogP contribution in [-0.2, 0) is 35.2 Å². The van der Waals surface area contributed by atoms with Crippen molar-refractivity contribution < 1.29 is 8.42 Å². The molecule has 0 aliphatic carbocycles. The molecule has 8 heteroatoms. The van der Waals surface area contributed by atoms with Gasteiger partial charge in [0.1, 0.15) is 0 Å². The van der Waals surface area contributed by atoms with E-state index in [-0.39, 0.29) is 5.75 Å². The number of sulfonamides is 1. The topological polar surface area (TPSA) is 64.6 Å². The molecule has 204 valence electrons. The average Bonchev–Trinajstić information content (AvgIpc) is 3.61. The van der Waals surface area contributed by atoms with Crippen molar-refractivity contribution in [3.63, 3.8) is 0 Å². The molecule has 1 aliphatic heterocycles. The van der Waals surface area contributed by atoms with Crippen LogP contribution in [0.4, 0.5) is 0 Å². The normalized spacial score (nSPS) is 15.1. The fourth-order valence-electron chi connectivity index (χ4n) is 5.52. The van der Waals surface area contributed by atoms with E-state index in [0.717, 1.165) is 61.8 Å². The van der Waals surface area contributed by atoms with E-state index in [1.54, 1.807) is 4.31 Å². The zero-order chi connectivity index (χ0) is 26.9. The van der Waals surface area contributed by atoms with E-state index in [1.165, 1.54) is 27.6 Å². The van der Waals surface area contributed by atoms with E-state index in [2.05, 4.69) is 90.3 Å². The Morgan fingerprint density at radius 2 is 1.50 bits per heavy atom. The van der Waals surface area contributed by atoms with Gasteiger partial charge in [-0.05, 0) is 100 Å². The first-order valence-electron chi connectivity index (χ1n) is 13.7. The van der Waals surface area contributed by atoms with Gasteiger partial charge in [-0.15, -0.1) is 0 Å². The predicted octanol–water partition coefficient (Wildman–Crippen LogP) is 4.30. The lowest BCUT2D eigenvalue weighted by Crippen LogP contribution is -2.29. The van der Waals surface area contributed by atoms with E-state index in [0.29, 0.717) is 13.1 Å². The molecule has 0 atom stereocenters. The number of hydrogen-bond acceptors (Lipinski definition) is 4. The summed E-state index contributed by atoms with van der Waals surface area (Å²) in [5.74, 6) is 0.0706. The van der Waals surface area contributed by atoms with Gasteiger partial charge in [-0.1, -0.05) is 12.1 Å². The molecule has 0 spiro atoms. The van der Waals surface area contributed by atoms with Gasteiger partial charge in [-0.3, -0.25) is 0 Å². The van der Waals surface area contributed by atoms with Gasteiger partial charge in [0.05, 0.1) is 5.75 Å². The molecule has 7 nitrogen and oxygen atoms in total. The molecule has 1 aliphatic rings. The number of aromatic nitrogens is 2. The van der Waals surface area contributed by atoms with Crippen LogP contribution in [0.25, 0.3) is 21.8 Å². The quantitative estimate of drug-likeness (QED) is 0.311. The molecule has 0 unspecified atom stereocenters. The number of benzene rings is 2. The lowest BCUT2D eigenvalue weighted by molar-refractivity contribution is 0.414. The Labute approximate surface area is 227 Å². The van der Waals surface area contributed by atoms with Crippen molar-refractivity contribution >= 4 is 31.8 Å². The molecule has 2 aromatic carbocycles. The predicted molar refractivity (Wildman–Crippen MR) is 157 cm³/mol. The standard InChI is InChI=1S/C30H41N5O2S/c1-32(2)15-11-25-19-31-29-9-7-23(17-27(25)29)20-34-21-26(12-16-33(3)4)28-18-24(8-10-30(28)34)22-38(36,37)35-13-5-6-14-35/h7-10,17-19,21,31H,5-6,11-16,20,22H2,1-4H3. The molecule has 1 saturated heterocycles. The second-order valence-electron chi connectivity index (χ2n) is 11.3. The zero-order valence-electron chi connectivity index (χ0n) is 23.2. The van der Waals surface area contributed by atoms with Crippen LogP contribution in [0, 0.1) is 0 Å². The highest BCUT2D eigenvalue weighted by molar-refractivity contribution is 7.88. The van der Waals surface area contributed by atoms with E-state index in [1.807, 2.05) is 6.07 Å². The average molecular weight is 536 g/mol. The molecule has 0 bridgehead atoms. The smallest absolute Gasteiger partial charge is 0.218 e. The van der Waals surface area contributed by atoms with Gasteiger partial charge in [0.15, 0.2) is 0 Å². The lowest BCUT2D eigenvalue weighted by atomic mass is 10.1. The minimum atomic E-state index is -3.28. The van der Waals surface area contributed by atoms with Gasteiger partial charge < -0.3 is 19.4 Å². The molecule has 4 aromatic rings. The van der Waals surface area contributed by atoms with E-state index in [9.17, 15) is 8.42 Å². The number of aromatic amines is 1. The van der Waals surface area contributed by atoms with E-state index in [4.69, 9.17) is 0 Å². The van der Waals surface area contributed by atoms with Crippen molar-refractivity contribution in [1.29, 1.82) is 0 Å². The Morgan fingerprint density at radius 1 is 0.842 bits per heavy atom. The number of likely N-dealkylation sites (N-methyl/N-ethyl adjacent to an activating group) is 2. The lowest BCUT2D eigenvalue weighted by Gasteiger charge is -2.15. The van der Waals surface area contributed by atoms with E-state index < -0.39 is 10.0 Å². The van der Waals surface area contributed by atoms with Gasteiger partial charge in [0.2, 0.25) is 10.0 Å². The van der Waals surface area contributed by atoms with Crippen LogP contribution >= 0.6 is 0 Å². The van der Waals surface area contributed by atoms with Crippen LogP contribution in [0.1, 0.15) is 35.1 Å². The van der Waals surface area contributed by atoms with Crippen LogP contribution in [0.3, 0.4) is 0 Å². The summed E-state index contributed by atoms with van der Waals surface area (Å²) in [6, 6.07) is 12.9. The summed E-state index contributed by atoms with van der Waals surface area (Å²) in [6.07, 6.45) is 8.26. The van der Waals surface area contributed by atoms with Crippen molar-refractivity contribution in [2.24, 2.45) is 0 Å². The number of hydrogen-bond donors (Lipinski definition) is 1. The molecule has 3 heterocycles. The van der Waals surface area contributed by atoms with Crippen molar-refractivity contribution in [1.82, 2.24) is 23.7 Å². The Kier molecular flexibility index (Phi) is 7.95. The van der Waals surface area contributed by atoms with Crippen LogP contribution in [0.5, 0.6) is 0 Å². The SMILES string of the molecule is CN(C)CCc1c[nH]c2ccc(Cn3cc(CCN(C)C)c4cc(CS(=O)(=O)N5CCCC5)ccc43)cc12. The summed E-state index contributed by atoms with van der Waals surface area (Å²) in [5.41, 5.74) is 7.08. The highest BCUT2D eigenvalue weighted by Gasteiger charge is 2.25. The first-order chi connectivity index (χ1) is 18.2. The first-order valence-corrected chi connectivity index (χ1v) is 15.3. The second kappa shape index (κ2) is 11.2. The Balaban J connectivity index is 1.45. The fraction of sp³-hybridized carbons (Fsp3) is 0.467. The van der Waals surface area contributed by atoms with Crippen molar-refractivity contribution in [3.8, 4) is 0 Å². The minimum absolute atomic E-state index is 0.0706. The molecular weight excluding hydrogens is 494 g/mol. The van der Waals surface area contributed by atoms with Crippen molar-refractivity contribution in [2.75, 3.05) is 54.4 Å². The van der Waals surface area contributed by atoms with Gasteiger partial charge in [0.25, 0.3) is 0 Å². The zero-order valence-corrected chi connectivity index (χ0v) is 24.0. The number of H-pyrrole nitrogens is 1. The van der Waals surface area contributed by atoms with E-state index >= 15 is 0 Å². The maximum atomic E-state index is 13.0. The third-order valence-electron chi connectivity index (χ3n) is 7.68. The fourth-order valence-corrected chi connectivity index (χ4v) is 7.12. The maximum Gasteiger partial charge on any atom is 0.218 e. The Morgan fingerprint density at radius 3 is 2.21 bits per heavy atom. The molecule has 0 amide bonds. The van der Waals surface area contributed by atoms with Crippen LogP contribution < -0.4 is 0 Å². The van der Waals surface area contributed by atoms with Crippen LogP contribution in [0.15, 0.2) is 48.8 Å². The van der Waals surface area contributed by atoms with Gasteiger partial charge in [-0.25, -0.2) is 12.7 Å². The molecule has 1 N–H and O–H groups in total. The highest BCUT2D eigenvalue weighted by Crippen LogP contribution is 2.28. The van der Waals surface area contributed by atoms with Crippen molar-refractivity contribution in [2.45, 2.75) is 38.0 Å². The molecule has 2 aromatic heterocycles. The number of rotatable bonds is 11. The Hall–Kier alpha value is -2.65. The van der Waals surface area contributed by atoms with Gasteiger partial charge >= 0.3 is 0 Å². The molecule has 38 heavy (non-hydrogen) atoms. The first kappa shape index (κ1) is 26.9. The van der Waals surface area contributed by atoms with Crippen molar-refractivity contribution in [3.05, 3.63) is 71.0 Å². The van der Waals surface area contributed by atoms with Crippen LogP contribution in [0.2, 0.25) is 0 Å². The second-order valence-corrected chi connectivity index (χ2v) is 13.3. The molecule has 0 radical (unpaired) electrons. The number of fused-ring (bicyclic) bond motifs is 2. The van der Waals surface area contributed by atoms with Crippen LogP contribution in [-0.4, -0.2) is 86.4 Å². The summed E-state index contributed by atoms with van der Waals surface area (Å²) in [7, 11) is 5.12. The summed E-state index contributed by atoms with van der Waals surface area (Å²) in [4.78, 5) is 7.84. The summed E-state index contributed by atoms with van der Waals surface area (Å²) < 4.78 is 30.0. The molecule has 5 rings (SSSR count). The third kappa shape index (κ3) is 5.99. The monoisotopic (exact) mass is 535 g/mol. The maximum absolute atomic E-state index is 13.0. The molecular formula is C30H41N5O2S.